The number of carboxylic acid groups (broad SMARTS) is 1. The highest BCUT2D eigenvalue weighted by Crippen LogP contribution is 2.35. The van der Waals surface area contributed by atoms with Crippen LogP contribution in [0.3, 0.4) is 0 Å². The summed E-state index contributed by atoms with van der Waals surface area (Å²) in [6.07, 6.45) is -4.67. The Kier molecular flexibility index (Phi) is 6.67. The number of hydrogen-bond donors (Lipinski definition) is 1. The van der Waals surface area contributed by atoms with Gasteiger partial charge in [-0.2, -0.15) is 13.2 Å². The van der Waals surface area contributed by atoms with Crippen molar-refractivity contribution >= 4 is 17.6 Å². The molecule has 1 heterocycles. The van der Waals surface area contributed by atoms with E-state index in [1.54, 1.807) is 18.0 Å². The zero-order valence-electron chi connectivity index (χ0n) is 13.7. The molecule has 0 amide bonds. The molecular weight excluding hydrogens is 361 g/mol. The second kappa shape index (κ2) is 8.35. The van der Waals surface area contributed by atoms with Gasteiger partial charge in [0.1, 0.15) is 0 Å². The average molecular weight is 381 g/mol. The maximum absolute atomic E-state index is 12.9. The number of carboxylic acids is 1. The Morgan fingerprint density at radius 3 is 2.84 bits per heavy atom. The van der Waals surface area contributed by atoms with E-state index in [0.29, 0.717) is 38.3 Å². The second-order valence-electron chi connectivity index (χ2n) is 6.13. The number of halogens is 4. The fourth-order valence-electron chi connectivity index (χ4n) is 2.82. The van der Waals surface area contributed by atoms with E-state index >= 15 is 0 Å². The molecule has 1 aliphatic heterocycles. The molecule has 1 aromatic carbocycles. The van der Waals surface area contributed by atoms with Gasteiger partial charge in [0, 0.05) is 26.2 Å². The molecular formula is C16H20ClF3N2O3. The van der Waals surface area contributed by atoms with Gasteiger partial charge < -0.3 is 9.84 Å². The number of aliphatic carboxylic acids is 1. The second-order valence-corrected chi connectivity index (χ2v) is 6.54. The van der Waals surface area contributed by atoms with Crippen LogP contribution in [0.5, 0.6) is 0 Å². The molecule has 0 spiro atoms. The van der Waals surface area contributed by atoms with E-state index in [-0.39, 0.29) is 17.7 Å². The van der Waals surface area contributed by atoms with Gasteiger partial charge in [-0.15, -0.1) is 0 Å². The first kappa shape index (κ1) is 20.0. The maximum Gasteiger partial charge on any atom is 0.417 e. The van der Waals surface area contributed by atoms with Gasteiger partial charge in [-0.3, -0.25) is 14.6 Å². The van der Waals surface area contributed by atoms with E-state index in [0.717, 1.165) is 6.07 Å². The minimum atomic E-state index is -4.49. The third-order valence-corrected chi connectivity index (χ3v) is 4.22. The zero-order valence-corrected chi connectivity index (χ0v) is 14.5. The third-order valence-electron chi connectivity index (χ3n) is 3.89. The summed E-state index contributed by atoms with van der Waals surface area (Å²) in [6, 6.07) is 3.92. The number of benzene rings is 1. The topological polar surface area (TPSA) is 53.0 Å². The van der Waals surface area contributed by atoms with Crippen LogP contribution >= 0.6 is 11.6 Å². The SMILES string of the molecule is CN(CC(=O)O)CC1CN(Cc2ccc(Cl)c(C(F)(F)F)c2)CCO1. The molecule has 1 N–H and O–H groups in total. The van der Waals surface area contributed by atoms with Crippen molar-refractivity contribution in [1.82, 2.24) is 9.80 Å². The highest BCUT2D eigenvalue weighted by Gasteiger charge is 2.33. The van der Waals surface area contributed by atoms with Crippen molar-refractivity contribution in [3.05, 3.63) is 34.3 Å². The molecule has 9 heteroatoms. The molecule has 140 valence electrons. The lowest BCUT2D eigenvalue weighted by molar-refractivity contribution is -0.139. The number of alkyl halides is 3. The molecule has 25 heavy (non-hydrogen) atoms. The smallest absolute Gasteiger partial charge is 0.417 e. The molecule has 1 aliphatic rings. The van der Waals surface area contributed by atoms with Crippen molar-refractivity contribution in [2.75, 3.05) is 39.8 Å². The van der Waals surface area contributed by atoms with Crippen molar-refractivity contribution in [2.24, 2.45) is 0 Å². The molecule has 2 rings (SSSR count). The Balaban J connectivity index is 1.97. The summed E-state index contributed by atoms with van der Waals surface area (Å²) in [5.74, 6) is -0.920. The highest BCUT2D eigenvalue weighted by atomic mass is 35.5. The van der Waals surface area contributed by atoms with E-state index < -0.39 is 17.7 Å². The predicted octanol–water partition coefficient (Wildman–Crippen LogP) is 2.58. The standard InChI is InChI=1S/C16H20ClF3N2O3/c1-21(10-15(23)24)8-12-9-22(4-5-25-12)7-11-2-3-14(17)13(6-11)16(18,19)20/h2-3,6,12H,4-5,7-10H2,1H3,(H,23,24). The summed E-state index contributed by atoms with van der Waals surface area (Å²) in [4.78, 5) is 14.3. The van der Waals surface area contributed by atoms with Crippen molar-refractivity contribution < 1.29 is 27.8 Å². The van der Waals surface area contributed by atoms with E-state index in [4.69, 9.17) is 21.4 Å². The average Bonchev–Trinajstić information content (AvgIpc) is 2.47. The van der Waals surface area contributed by atoms with Crippen molar-refractivity contribution in [3.8, 4) is 0 Å². The summed E-state index contributed by atoms with van der Waals surface area (Å²) in [5.41, 5.74) is -0.311. The van der Waals surface area contributed by atoms with Crippen molar-refractivity contribution in [3.63, 3.8) is 0 Å². The number of carbonyl (C=O) groups is 1. The molecule has 0 saturated carbocycles. The van der Waals surface area contributed by atoms with Gasteiger partial charge >= 0.3 is 12.1 Å². The molecule has 0 bridgehead atoms. The van der Waals surface area contributed by atoms with E-state index in [1.165, 1.54) is 6.07 Å². The molecule has 1 atom stereocenters. The summed E-state index contributed by atoms with van der Waals surface area (Å²) < 4.78 is 44.5. The Labute approximate surface area is 148 Å². The molecule has 1 saturated heterocycles. The van der Waals surface area contributed by atoms with E-state index in [9.17, 15) is 18.0 Å². The summed E-state index contributed by atoms with van der Waals surface area (Å²) >= 11 is 5.64. The van der Waals surface area contributed by atoms with Gasteiger partial charge in [-0.05, 0) is 24.7 Å². The Bertz CT molecular complexity index is 613. The lowest BCUT2D eigenvalue weighted by Crippen LogP contribution is -2.47. The largest absolute Gasteiger partial charge is 0.480 e. The summed E-state index contributed by atoms with van der Waals surface area (Å²) in [7, 11) is 1.69. The van der Waals surface area contributed by atoms with Crippen LogP contribution in [0.1, 0.15) is 11.1 Å². The quantitative estimate of drug-likeness (QED) is 0.822. The van der Waals surface area contributed by atoms with Crippen LogP contribution in [0.15, 0.2) is 18.2 Å². The van der Waals surface area contributed by atoms with E-state index in [1.807, 2.05) is 4.90 Å². The number of ether oxygens (including phenoxy) is 1. The van der Waals surface area contributed by atoms with Gasteiger partial charge in [0.25, 0.3) is 0 Å². The van der Waals surface area contributed by atoms with Crippen LogP contribution in [0.4, 0.5) is 13.2 Å². The minimum absolute atomic E-state index is 0.0913. The molecule has 1 unspecified atom stereocenters. The first-order chi connectivity index (χ1) is 11.6. The fraction of sp³-hybridized carbons (Fsp3) is 0.562. The number of hydrogen-bond acceptors (Lipinski definition) is 4. The van der Waals surface area contributed by atoms with Crippen LogP contribution in [-0.2, 0) is 22.3 Å². The predicted molar refractivity (Wildman–Crippen MR) is 86.6 cm³/mol. The van der Waals surface area contributed by atoms with Crippen molar-refractivity contribution in [2.45, 2.75) is 18.8 Å². The maximum atomic E-state index is 12.9. The Morgan fingerprint density at radius 1 is 1.48 bits per heavy atom. The first-order valence-electron chi connectivity index (χ1n) is 7.75. The monoisotopic (exact) mass is 380 g/mol. The Morgan fingerprint density at radius 2 is 2.20 bits per heavy atom. The van der Waals surface area contributed by atoms with Crippen LogP contribution in [0.2, 0.25) is 5.02 Å². The van der Waals surface area contributed by atoms with Crippen molar-refractivity contribution in [1.29, 1.82) is 0 Å². The fourth-order valence-corrected chi connectivity index (χ4v) is 3.05. The lowest BCUT2D eigenvalue weighted by atomic mass is 10.1. The number of nitrogens with zero attached hydrogens (tertiary/aromatic N) is 2. The summed E-state index contributed by atoms with van der Waals surface area (Å²) in [6.45, 7) is 2.27. The van der Waals surface area contributed by atoms with Crippen LogP contribution in [0.25, 0.3) is 0 Å². The summed E-state index contributed by atoms with van der Waals surface area (Å²) in [5, 5.41) is 8.47. The molecule has 1 fully saturated rings. The van der Waals surface area contributed by atoms with Gasteiger partial charge in [0.15, 0.2) is 0 Å². The Hall–Kier alpha value is -1.35. The van der Waals surface area contributed by atoms with Gasteiger partial charge in [0.05, 0.1) is 29.8 Å². The molecule has 0 radical (unpaired) electrons. The normalized spacial score (nSPS) is 19.4. The van der Waals surface area contributed by atoms with Crippen LogP contribution < -0.4 is 0 Å². The van der Waals surface area contributed by atoms with Gasteiger partial charge in [-0.1, -0.05) is 17.7 Å². The molecule has 0 aromatic heterocycles. The number of likely N-dealkylation sites (N-methyl/N-ethyl adjacent to an activating group) is 1. The minimum Gasteiger partial charge on any atom is -0.480 e. The highest BCUT2D eigenvalue weighted by molar-refractivity contribution is 6.31. The number of rotatable bonds is 6. The van der Waals surface area contributed by atoms with Crippen LogP contribution in [0, 0.1) is 0 Å². The zero-order chi connectivity index (χ0) is 18.6. The first-order valence-corrected chi connectivity index (χ1v) is 8.13. The van der Waals surface area contributed by atoms with E-state index in [2.05, 4.69) is 0 Å². The third kappa shape index (κ3) is 6.14. The number of morpholine rings is 1. The lowest BCUT2D eigenvalue weighted by Gasteiger charge is -2.34. The molecule has 0 aliphatic carbocycles. The molecule has 5 nitrogen and oxygen atoms in total. The van der Waals surface area contributed by atoms with Gasteiger partial charge in [-0.25, -0.2) is 0 Å². The molecule has 1 aromatic rings. The van der Waals surface area contributed by atoms with Gasteiger partial charge in [0.2, 0.25) is 0 Å². The van der Waals surface area contributed by atoms with Crippen LogP contribution in [-0.4, -0.2) is 66.8 Å².